The second-order valence-corrected chi connectivity index (χ2v) is 4.74. The molecular weight excluding hydrogens is 186 g/mol. The number of rotatable bonds is 1. The summed E-state index contributed by atoms with van der Waals surface area (Å²) >= 11 is 0. The molecule has 2 unspecified atom stereocenters. The van der Waals surface area contributed by atoms with Gasteiger partial charge in [0.25, 0.3) is 0 Å². The molecule has 2 heteroatoms. The third-order valence-electron chi connectivity index (χ3n) is 3.57. The molecule has 0 spiro atoms. The molecule has 1 aliphatic carbocycles. The molecule has 82 valence electrons. The van der Waals surface area contributed by atoms with Crippen molar-refractivity contribution in [3.05, 3.63) is 29.3 Å². The molecule has 0 saturated carbocycles. The molecule has 0 bridgehead atoms. The number of aromatic hydroxyl groups is 1. The van der Waals surface area contributed by atoms with Gasteiger partial charge in [0.2, 0.25) is 0 Å². The van der Waals surface area contributed by atoms with E-state index in [1.54, 1.807) is 6.07 Å². The van der Waals surface area contributed by atoms with Crippen LogP contribution in [0.5, 0.6) is 5.75 Å². The summed E-state index contributed by atoms with van der Waals surface area (Å²) in [7, 11) is 4.27. The second kappa shape index (κ2) is 3.86. The third kappa shape index (κ3) is 1.86. The zero-order valence-corrected chi connectivity index (χ0v) is 9.70. The minimum absolute atomic E-state index is 0.389. The summed E-state index contributed by atoms with van der Waals surface area (Å²) in [6, 6.07) is 6.38. The number of fused-ring (bicyclic) bond motifs is 1. The van der Waals surface area contributed by atoms with Gasteiger partial charge in [-0.15, -0.1) is 0 Å². The smallest absolute Gasteiger partial charge is 0.115 e. The van der Waals surface area contributed by atoms with E-state index in [0.29, 0.717) is 17.7 Å². The predicted octanol–water partition coefficient (Wildman–Crippen LogP) is 2.37. The first kappa shape index (κ1) is 10.5. The van der Waals surface area contributed by atoms with Crippen molar-refractivity contribution in [2.24, 2.45) is 0 Å². The van der Waals surface area contributed by atoms with Crippen LogP contribution in [-0.2, 0) is 6.42 Å². The van der Waals surface area contributed by atoms with Crippen molar-refractivity contribution in [2.75, 3.05) is 14.1 Å². The van der Waals surface area contributed by atoms with Gasteiger partial charge in [-0.1, -0.05) is 13.0 Å². The number of hydrogen-bond donors (Lipinski definition) is 1. The topological polar surface area (TPSA) is 23.5 Å². The molecule has 0 radical (unpaired) electrons. The van der Waals surface area contributed by atoms with Gasteiger partial charge in [-0.05, 0) is 56.1 Å². The van der Waals surface area contributed by atoms with Crippen molar-refractivity contribution in [3.63, 3.8) is 0 Å². The van der Waals surface area contributed by atoms with Crippen molar-refractivity contribution in [1.29, 1.82) is 0 Å². The van der Waals surface area contributed by atoms with E-state index >= 15 is 0 Å². The maximum atomic E-state index is 9.52. The maximum absolute atomic E-state index is 9.52. The van der Waals surface area contributed by atoms with Crippen LogP contribution in [-0.4, -0.2) is 30.1 Å². The van der Waals surface area contributed by atoms with Gasteiger partial charge in [-0.2, -0.15) is 0 Å². The first-order chi connectivity index (χ1) is 7.09. The molecule has 1 aliphatic rings. The van der Waals surface area contributed by atoms with Gasteiger partial charge in [0, 0.05) is 6.04 Å². The lowest BCUT2D eigenvalue weighted by Crippen LogP contribution is -2.36. The van der Waals surface area contributed by atoms with Crippen molar-refractivity contribution < 1.29 is 5.11 Å². The molecule has 0 aliphatic heterocycles. The van der Waals surface area contributed by atoms with E-state index in [1.807, 2.05) is 6.07 Å². The third-order valence-corrected chi connectivity index (χ3v) is 3.57. The van der Waals surface area contributed by atoms with Gasteiger partial charge >= 0.3 is 0 Å². The summed E-state index contributed by atoms with van der Waals surface area (Å²) < 4.78 is 0. The normalized spacial score (nSPS) is 25.3. The van der Waals surface area contributed by atoms with Crippen molar-refractivity contribution in [1.82, 2.24) is 4.90 Å². The number of aryl methyl sites for hydroxylation is 1. The van der Waals surface area contributed by atoms with Crippen LogP contribution in [0, 0.1) is 0 Å². The molecule has 2 nitrogen and oxygen atoms in total. The molecule has 0 amide bonds. The molecule has 0 fully saturated rings. The highest BCUT2D eigenvalue weighted by Crippen LogP contribution is 2.35. The number of phenols is 1. The van der Waals surface area contributed by atoms with Crippen LogP contribution in [0.2, 0.25) is 0 Å². The lowest BCUT2D eigenvalue weighted by molar-refractivity contribution is 0.236. The zero-order valence-electron chi connectivity index (χ0n) is 9.70. The van der Waals surface area contributed by atoms with Crippen LogP contribution in [0.15, 0.2) is 18.2 Å². The Kier molecular flexibility index (Phi) is 2.70. The number of benzene rings is 1. The molecule has 0 heterocycles. The number of likely N-dealkylation sites (N-methyl/N-ethyl adjacent to an activating group) is 1. The van der Waals surface area contributed by atoms with Crippen molar-refractivity contribution in [2.45, 2.75) is 31.7 Å². The molecular formula is C13H19NO. The quantitative estimate of drug-likeness (QED) is 0.761. The van der Waals surface area contributed by atoms with E-state index in [4.69, 9.17) is 0 Å². The average Bonchev–Trinajstić information content (AvgIpc) is 2.19. The van der Waals surface area contributed by atoms with E-state index in [9.17, 15) is 5.11 Å². The van der Waals surface area contributed by atoms with Gasteiger partial charge in [0.15, 0.2) is 0 Å². The first-order valence-electron chi connectivity index (χ1n) is 5.58. The summed E-state index contributed by atoms with van der Waals surface area (Å²) in [6.07, 6.45) is 2.34. The summed E-state index contributed by atoms with van der Waals surface area (Å²) in [5, 5.41) is 9.52. The van der Waals surface area contributed by atoms with Crippen LogP contribution >= 0.6 is 0 Å². The Bertz CT molecular complexity index is 360. The Labute approximate surface area is 91.5 Å². The standard InChI is InChI=1S/C13H19NO/c1-9-12-8-11(15)6-4-10(12)5-7-13(9)14(2)3/h4,6,8-9,13,15H,5,7H2,1-3H3. The van der Waals surface area contributed by atoms with Gasteiger partial charge in [-0.3, -0.25) is 0 Å². The Balaban J connectivity index is 2.36. The van der Waals surface area contributed by atoms with E-state index < -0.39 is 0 Å². The van der Waals surface area contributed by atoms with Crippen LogP contribution in [0.25, 0.3) is 0 Å². The number of nitrogens with zero attached hydrogens (tertiary/aromatic N) is 1. The largest absolute Gasteiger partial charge is 0.508 e. The van der Waals surface area contributed by atoms with Crippen molar-refractivity contribution >= 4 is 0 Å². The molecule has 15 heavy (non-hydrogen) atoms. The Hall–Kier alpha value is -1.02. The van der Waals surface area contributed by atoms with E-state index in [-0.39, 0.29) is 0 Å². The first-order valence-corrected chi connectivity index (χ1v) is 5.58. The fraction of sp³-hybridized carbons (Fsp3) is 0.538. The fourth-order valence-electron chi connectivity index (χ4n) is 2.70. The van der Waals surface area contributed by atoms with Crippen LogP contribution in [0.1, 0.15) is 30.4 Å². The monoisotopic (exact) mass is 205 g/mol. The Morgan fingerprint density at radius 2 is 2.07 bits per heavy atom. The highest BCUT2D eigenvalue weighted by atomic mass is 16.3. The lowest BCUT2D eigenvalue weighted by Gasteiger charge is -2.35. The summed E-state index contributed by atoms with van der Waals surface area (Å²) in [6.45, 7) is 2.25. The van der Waals surface area contributed by atoms with Crippen molar-refractivity contribution in [3.8, 4) is 5.75 Å². The van der Waals surface area contributed by atoms with Gasteiger partial charge < -0.3 is 10.0 Å². The van der Waals surface area contributed by atoms with Crippen LogP contribution in [0.3, 0.4) is 0 Å². The predicted molar refractivity (Wildman–Crippen MR) is 62.3 cm³/mol. The molecule has 2 rings (SSSR count). The lowest BCUT2D eigenvalue weighted by atomic mass is 9.80. The number of phenolic OH excluding ortho intramolecular Hbond substituents is 1. The molecule has 2 atom stereocenters. The van der Waals surface area contributed by atoms with E-state index in [2.05, 4.69) is 32.0 Å². The highest BCUT2D eigenvalue weighted by Gasteiger charge is 2.27. The van der Waals surface area contributed by atoms with Gasteiger partial charge in [0.05, 0.1) is 0 Å². The van der Waals surface area contributed by atoms with Gasteiger partial charge in [-0.25, -0.2) is 0 Å². The molecule has 1 aromatic carbocycles. The minimum atomic E-state index is 0.389. The maximum Gasteiger partial charge on any atom is 0.115 e. The second-order valence-electron chi connectivity index (χ2n) is 4.74. The fourth-order valence-corrected chi connectivity index (χ4v) is 2.70. The highest BCUT2D eigenvalue weighted by molar-refractivity contribution is 5.39. The molecule has 1 N–H and O–H groups in total. The zero-order chi connectivity index (χ0) is 11.0. The Morgan fingerprint density at radius 3 is 2.73 bits per heavy atom. The van der Waals surface area contributed by atoms with Crippen LogP contribution < -0.4 is 0 Å². The molecule has 0 saturated heterocycles. The number of hydrogen-bond acceptors (Lipinski definition) is 2. The van der Waals surface area contributed by atoms with Crippen LogP contribution in [0.4, 0.5) is 0 Å². The van der Waals surface area contributed by atoms with E-state index in [1.165, 1.54) is 17.5 Å². The minimum Gasteiger partial charge on any atom is -0.508 e. The Morgan fingerprint density at radius 1 is 1.33 bits per heavy atom. The average molecular weight is 205 g/mol. The molecule has 1 aromatic rings. The SMILES string of the molecule is CC1c2cc(O)ccc2CCC1N(C)C. The van der Waals surface area contributed by atoms with E-state index in [0.717, 1.165) is 6.42 Å². The molecule has 0 aromatic heterocycles. The summed E-state index contributed by atoms with van der Waals surface area (Å²) in [5.41, 5.74) is 2.72. The van der Waals surface area contributed by atoms with Gasteiger partial charge in [0.1, 0.15) is 5.75 Å². The summed E-state index contributed by atoms with van der Waals surface area (Å²) in [5.74, 6) is 0.899. The summed E-state index contributed by atoms with van der Waals surface area (Å²) in [4.78, 5) is 2.29.